The maximum Gasteiger partial charge on any atom is 0.410 e. The fraction of sp³-hybridized carbons (Fsp3) is 0.909. The first kappa shape index (κ1) is 10.7. The molecule has 1 aliphatic carbocycles. The Morgan fingerprint density at radius 2 is 2.07 bits per heavy atom. The maximum atomic E-state index is 11.8. The van der Waals surface area contributed by atoms with Crippen LogP contribution in [0, 0.1) is 5.92 Å². The van der Waals surface area contributed by atoms with Gasteiger partial charge in [-0.05, 0) is 39.5 Å². The number of amides is 1. The molecule has 0 bridgehead atoms. The van der Waals surface area contributed by atoms with Gasteiger partial charge < -0.3 is 15.4 Å². The zero-order chi connectivity index (χ0) is 11.2. The van der Waals surface area contributed by atoms with Crippen LogP contribution in [0.4, 0.5) is 4.79 Å². The van der Waals surface area contributed by atoms with Gasteiger partial charge in [0.15, 0.2) is 0 Å². The predicted molar refractivity (Wildman–Crippen MR) is 57.4 cm³/mol. The highest BCUT2D eigenvalue weighted by molar-refractivity contribution is 5.69. The van der Waals surface area contributed by atoms with Crippen LogP contribution in [0.5, 0.6) is 0 Å². The monoisotopic (exact) mass is 212 g/mol. The third kappa shape index (κ3) is 2.43. The van der Waals surface area contributed by atoms with Crippen molar-refractivity contribution in [2.75, 3.05) is 6.54 Å². The standard InChI is InChI=1S/C11H20N2O2/c1-11(2,3)15-10(14)13-6-8(12)4-7-5-9(7)13/h7-9H,4-6,12H2,1-3H3. The largest absolute Gasteiger partial charge is 0.444 e. The second-order valence-electron chi connectivity index (χ2n) is 5.69. The second kappa shape index (κ2) is 3.37. The van der Waals surface area contributed by atoms with Gasteiger partial charge in [0.1, 0.15) is 5.60 Å². The van der Waals surface area contributed by atoms with Crippen molar-refractivity contribution in [3.63, 3.8) is 0 Å². The normalized spacial score (nSPS) is 34.7. The maximum absolute atomic E-state index is 11.8. The van der Waals surface area contributed by atoms with E-state index >= 15 is 0 Å². The van der Waals surface area contributed by atoms with Gasteiger partial charge in [-0.1, -0.05) is 0 Å². The van der Waals surface area contributed by atoms with E-state index in [2.05, 4.69) is 0 Å². The Balaban J connectivity index is 1.95. The average molecular weight is 212 g/mol. The molecule has 3 atom stereocenters. The van der Waals surface area contributed by atoms with Crippen molar-refractivity contribution in [3.8, 4) is 0 Å². The summed E-state index contributed by atoms with van der Waals surface area (Å²) < 4.78 is 5.35. The number of piperidine rings is 1. The molecule has 2 fully saturated rings. The Hall–Kier alpha value is -0.770. The van der Waals surface area contributed by atoms with Crippen molar-refractivity contribution in [1.29, 1.82) is 0 Å². The lowest BCUT2D eigenvalue weighted by Crippen LogP contribution is -2.48. The Morgan fingerprint density at radius 3 is 2.67 bits per heavy atom. The molecule has 1 amide bonds. The van der Waals surface area contributed by atoms with Gasteiger partial charge in [0.25, 0.3) is 0 Å². The molecule has 2 rings (SSSR count). The molecular weight excluding hydrogens is 192 g/mol. The molecule has 2 N–H and O–H groups in total. The number of ether oxygens (including phenoxy) is 1. The van der Waals surface area contributed by atoms with Crippen LogP contribution in [0.1, 0.15) is 33.6 Å². The molecule has 1 saturated carbocycles. The Morgan fingerprint density at radius 1 is 1.40 bits per heavy atom. The fourth-order valence-corrected chi connectivity index (χ4v) is 2.25. The molecule has 0 aromatic heterocycles. The number of nitrogens with zero attached hydrogens (tertiary/aromatic N) is 1. The van der Waals surface area contributed by atoms with E-state index in [4.69, 9.17) is 10.5 Å². The van der Waals surface area contributed by atoms with E-state index in [-0.39, 0.29) is 12.1 Å². The van der Waals surface area contributed by atoms with E-state index < -0.39 is 5.60 Å². The van der Waals surface area contributed by atoms with E-state index in [1.807, 2.05) is 25.7 Å². The van der Waals surface area contributed by atoms with Gasteiger partial charge in [0.05, 0.1) is 0 Å². The third-order valence-electron chi connectivity index (χ3n) is 2.95. The molecule has 0 radical (unpaired) electrons. The number of rotatable bonds is 0. The first-order chi connectivity index (χ1) is 6.87. The molecule has 1 aliphatic heterocycles. The van der Waals surface area contributed by atoms with E-state index in [1.165, 1.54) is 0 Å². The first-order valence-corrected chi connectivity index (χ1v) is 5.62. The quantitative estimate of drug-likeness (QED) is 0.659. The van der Waals surface area contributed by atoms with Crippen molar-refractivity contribution >= 4 is 6.09 Å². The zero-order valence-corrected chi connectivity index (χ0v) is 9.69. The van der Waals surface area contributed by atoms with Crippen LogP contribution in [-0.4, -0.2) is 35.2 Å². The summed E-state index contributed by atoms with van der Waals surface area (Å²) in [6.45, 7) is 6.31. The number of likely N-dealkylation sites (tertiary alicyclic amines) is 1. The SMILES string of the molecule is CC(C)(C)OC(=O)N1CC(N)CC2CC21. The summed E-state index contributed by atoms with van der Waals surface area (Å²) in [7, 11) is 0. The smallest absolute Gasteiger partial charge is 0.410 e. The van der Waals surface area contributed by atoms with Gasteiger partial charge in [-0.25, -0.2) is 4.79 Å². The molecule has 1 heterocycles. The van der Waals surface area contributed by atoms with Crippen LogP contribution in [0.3, 0.4) is 0 Å². The zero-order valence-electron chi connectivity index (χ0n) is 9.69. The van der Waals surface area contributed by atoms with Crippen molar-refractivity contribution in [2.45, 2.75) is 51.3 Å². The van der Waals surface area contributed by atoms with Crippen molar-refractivity contribution in [1.82, 2.24) is 4.90 Å². The lowest BCUT2D eigenvalue weighted by molar-refractivity contribution is 0.0178. The Bertz CT molecular complexity index is 272. The number of fused-ring (bicyclic) bond motifs is 1. The minimum absolute atomic E-state index is 0.126. The highest BCUT2D eigenvalue weighted by Gasteiger charge is 2.49. The summed E-state index contributed by atoms with van der Waals surface area (Å²) in [5.74, 6) is 0.626. The van der Waals surface area contributed by atoms with Crippen LogP contribution in [0.25, 0.3) is 0 Å². The highest BCUT2D eigenvalue weighted by atomic mass is 16.6. The summed E-state index contributed by atoms with van der Waals surface area (Å²) in [6, 6.07) is 0.529. The minimum atomic E-state index is -0.414. The van der Waals surface area contributed by atoms with Crippen LogP contribution >= 0.6 is 0 Å². The van der Waals surface area contributed by atoms with Crippen LogP contribution in [0.2, 0.25) is 0 Å². The topological polar surface area (TPSA) is 55.6 Å². The van der Waals surface area contributed by atoms with Gasteiger partial charge in [-0.15, -0.1) is 0 Å². The molecule has 0 aromatic rings. The molecule has 2 aliphatic rings. The second-order valence-corrected chi connectivity index (χ2v) is 5.69. The molecule has 86 valence electrons. The summed E-state index contributed by atoms with van der Waals surface area (Å²) in [6.07, 6.45) is 1.96. The number of carbonyl (C=O) groups is 1. The number of hydrogen-bond donors (Lipinski definition) is 1. The number of carbonyl (C=O) groups excluding carboxylic acids is 1. The van der Waals surface area contributed by atoms with Gasteiger partial charge in [-0.3, -0.25) is 0 Å². The van der Waals surface area contributed by atoms with E-state index in [0.717, 1.165) is 12.8 Å². The molecular formula is C11H20N2O2. The molecule has 0 spiro atoms. The summed E-state index contributed by atoms with van der Waals surface area (Å²) in [5, 5.41) is 0. The summed E-state index contributed by atoms with van der Waals surface area (Å²) in [4.78, 5) is 13.7. The summed E-state index contributed by atoms with van der Waals surface area (Å²) >= 11 is 0. The Kier molecular flexibility index (Phi) is 2.41. The van der Waals surface area contributed by atoms with Crippen LogP contribution < -0.4 is 5.73 Å². The first-order valence-electron chi connectivity index (χ1n) is 5.62. The Labute approximate surface area is 90.8 Å². The molecule has 0 aromatic carbocycles. The number of nitrogens with two attached hydrogens (primary N) is 1. The summed E-state index contributed by atoms with van der Waals surface area (Å²) in [5.41, 5.74) is 5.48. The average Bonchev–Trinajstić information content (AvgIpc) is 2.77. The van der Waals surface area contributed by atoms with Crippen molar-refractivity contribution in [2.24, 2.45) is 11.7 Å². The highest BCUT2D eigenvalue weighted by Crippen LogP contribution is 2.43. The van der Waals surface area contributed by atoms with Gasteiger partial charge in [-0.2, -0.15) is 0 Å². The number of hydrogen-bond acceptors (Lipinski definition) is 3. The molecule has 4 heteroatoms. The molecule has 15 heavy (non-hydrogen) atoms. The van der Waals surface area contributed by atoms with Crippen LogP contribution in [-0.2, 0) is 4.74 Å². The van der Waals surface area contributed by atoms with Gasteiger partial charge in [0.2, 0.25) is 0 Å². The van der Waals surface area contributed by atoms with E-state index in [1.54, 1.807) is 0 Å². The van der Waals surface area contributed by atoms with Crippen molar-refractivity contribution < 1.29 is 9.53 Å². The lowest BCUT2D eigenvalue weighted by atomic mass is 10.1. The van der Waals surface area contributed by atoms with Gasteiger partial charge >= 0.3 is 6.09 Å². The predicted octanol–water partition coefficient (Wildman–Crippen LogP) is 1.34. The third-order valence-corrected chi connectivity index (χ3v) is 2.95. The van der Waals surface area contributed by atoms with Crippen molar-refractivity contribution in [3.05, 3.63) is 0 Å². The molecule has 3 unspecified atom stereocenters. The van der Waals surface area contributed by atoms with E-state index in [9.17, 15) is 4.79 Å². The molecule has 1 saturated heterocycles. The lowest BCUT2D eigenvalue weighted by Gasteiger charge is -2.32. The van der Waals surface area contributed by atoms with Crippen LogP contribution in [0.15, 0.2) is 0 Å². The van der Waals surface area contributed by atoms with Gasteiger partial charge in [0, 0.05) is 18.6 Å². The molecule has 4 nitrogen and oxygen atoms in total. The van der Waals surface area contributed by atoms with E-state index in [0.29, 0.717) is 18.5 Å². The minimum Gasteiger partial charge on any atom is -0.444 e. The fourth-order valence-electron chi connectivity index (χ4n) is 2.25.